The summed E-state index contributed by atoms with van der Waals surface area (Å²) in [7, 11) is 0. The van der Waals surface area contributed by atoms with E-state index in [4.69, 9.17) is 0 Å². The van der Waals surface area contributed by atoms with Gasteiger partial charge in [0.1, 0.15) is 0 Å². The van der Waals surface area contributed by atoms with Crippen LogP contribution in [0, 0.1) is 10.1 Å². The van der Waals surface area contributed by atoms with Crippen LogP contribution < -0.4 is 0 Å². The minimum absolute atomic E-state index is 0. The van der Waals surface area contributed by atoms with E-state index in [0.29, 0.717) is 5.75 Å². The Morgan fingerprint density at radius 3 is 2.50 bits per heavy atom. The first-order valence-corrected chi connectivity index (χ1v) is 2.62. The van der Waals surface area contributed by atoms with Gasteiger partial charge in [-0.2, -0.15) is 0 Å². The number of nitrogens with zero attached hydrogens (tertiary/aromatic N) is 1. The van der Waals surface area contributed by atoms with Crippen molar-refractivity contribution in [2.24, 2.45) is 0 Å². The zero-order valence-electron chi connectivity index (χ0n) is 4.29. The van der Waals surface area contributed by atoms with Crippen LogP contribution in [0.2, 0.25) is 0 Å². The Morgan fingerprint density at radius 1 is 1.88 bits per heavy atom. The van der Waals surface area contributed by atoms with Crippen molar-refractivity contribution in [3.8, 4) is 0 Å². The number of hydrogen-bond donors (Lipinski definition) is 0. The second kappa shape index (κ2) is 6.51. The molecular weight excluding hydrogens is 134 g/mol. The molecule has 50 valence electrons. The molecule has 8 heavy (non-hydrogen) atoms. The molecule has 0 aromatic carbocycles. The third-order valence-corrected chi connectivity index (χ3v) is 0.694. The summed E-state index contributed by atoms with van der Waals surface area (Å²) in [5.74, 6) is 0.598. The minimum atomic E-state index is -0.825. The van der Waals surface area contributed by atoms with Crippen LogP contribution in [0.3, 0.4) is 0 Å². The van der Waals surface area contributed by atoms with Crippen LogP contribution >= 0.6 is 12.0 Å². The topological polar surface area (TPSA) is 83.9 Å². The molecule has 0 saturated carbocycles. The van der Waals surface area contributed by atoms with Gasteiger partial charge in [-0.15, -0.1) is 10.1 Å². The van der Waals surface area contributed by atoms with Crippen LogP contribution in [-0.4, -0.2) is 16.3 Å². The summed E-state index contributed by atoms with van der Waals surface area (Å²) in [6.07, 6.45) is 0. The molecule has 0 aromatic heterocycles. The highest BCUT2D eigenvalue weighted by Crippen LogP contribution is 1.98. The van der Waals surface area contributed by atoms with E-state index in [1.54, 1.807) is 6.92 Å². The molecule has 0 aliphatic rings. The summed E-state index contributed by atoms with van der Waals surface area (Å²) in [5, 5.41) is 8.50. The molecule has 5 nitrogen and oxygen atoms in total. The smallest absolute Gasteiger partial charge is 0.306 e. The first kappa shape index (κ1) is 10.5. The lowest BCUT2D eigenvalue weighted by Gasteiger charge is -1.87. The fraction of sp³-hybridized carbons (Fsp3) is 1.00. The molecule has 0 aromatic rings. The van der Waals surface area contributed by atoms with Crippen molar-refractivity contribution in [2.45, 2.75) is 6.92 Å². The Hall–Kier alpha value is -0.490. The monoisotopic (exact) mass is 141 g/mol. The van der Waals surface area contributed by atoms with Gasteiger partial charge in [-0.3, -0.25) is 0 Å². The zero-order valence-corrected chi connectivity index (χ0v) is 5.10. The predicted octanol–water partition coefficient (Wildman–Crippen LogP) is 0.0381. The van der Waals surface area contributed by atoms with Crippen molar-refractivity contribution in [3.05, 3.63) is 10.1 Å². The van der Waals surface area contributed by atoms with Crippen LogP contribution in [0.5, 0.6) is 0 Å². The van der Waals surface area contributed by atoms with E-state index in [1.165, 1.54) is 0 Å². The van der Waals surface area contributed by atoms with E-state index in [9.17, 15) is 10.1 Å². The summed E-state index contributed by atoms with van der Waals surface area (Å²) >= 11 is 0.817. The number of rotatable bonds is 3. The van der Waals surface area contributed by atoms with Gasteiger partial charge in [-0.25, -0.2) is 4.28 Å². The highest BCUT2D eigenvalue weighted by molar-refractivity contribution is 7.94. The molecule has 0 unspecified atom stereocenters. The number of hydrogen-bond acceptors (Lipinski definition) is 4. The molecule has 0 atom stereocenters. The molecule has 0 heterocycles. The summed E-state index contributed by atoms with van der Waals surface area (Å²) in [5.41, 5.74) is 0. The minimum Gasteiger partial charge on any atom is -0.412 e. The normalized spacial score (nSPS) is 7.12. The van der Waals surface area contributed by atoms with E-state index in [2.05, 4.69) is 4.28 Å². The van der Waals surface area contributed by atoms with Crippen LogP contribution in [-0.2, 0) is 4.28 Å². The van der Waals surface area contributed by atoms with E-state index in [0.717, 1.165) is 12.0 Å². The maximum atomic E-state index is 9.32. The average molecular weight is 141 g/mol. The predicted molar refractivity (Wildman–Crippen MR) is 29.8 cm³/mol. The van der Waals surface area contributed by atoms with Crippen molar-refractivity contribution in [1.82, 2.24) is 0 Å². The summed E-state index contributed by atoms with van der Waals surface area (Å²) in [6, 6.07) is 0. The van der Waals surface area contributed by atoms with Crippen molar-refractivity contribution >= 4 is 12.0 Å². The lowest BCUT2D eigenvalue weighted by molar-refractivity contribution is -0.707. The lowest BCUT2D eigenvalue weighted by Crippen LogP contribution is -1.91. The molecule has 0 radical (unpaired) electrons. The Morgan fingerprint density at radius 2 is 2.38 bits per heavy atom. The van der Waals surface area contributed by atoms with Gasteiger partial charge in [0, 0.05) is 17.8 Å². The van der Waals surface area contributed by atoms with Gasteiger partial charge in [-0.05, 0) is 0 Å². The van der Waals surface area contributed by atoms with E-state index in [-0.39, 0.29) is 5.48 Å². The van der Waals surface area contributed by atoms with Crippen LogP contribution in [0.1, 0.15) is 6.92 Å². The quantitative estimate of drug-likeness (QED) is 0.315. The van der Waals surface area contributed by atoms with Gasteiger partial charge in [0.2, 0.25) is 0 Å². The maximum absolute atomic E-state index is 9.32. The molecular formula is C2H7NO4S. The van der Waals surface area contributed by atoms with Gasteiger partial charge in [0.05, 0.1) is 0 Å². The molecule has 0 rings (SSSR count). The van der Waals surface area contributed by atoms with Crippen molar-refractivity contribution in [1.29, 1.82) is 0 Å². The molecule has 0 bridgehead atoms. The summed E-state index contributed by atoms with van der Waals surface area (Å²) in [6.45, 7) is 1.77. The summed E-state index contributed by atoms with van der Waals surface area (Å²) < 4.78 is 3.83. The van der Waals surface area contributed by atoms with Crippen molar-refractivity contribution < 1.29 is 14.8 Å². The van der Waals surface area contributed by atoms with Gasteiger partial charge >= 0.3 is 5.09 Å². The lowest BCUT2D eigenvalue weighted by atomic mass is 11.0. The molecule has 6 heteroatoms. The molecule has 0 aliphatic heterocycles. The van der Waals surface area contributed by atoms with Crippen molar-refractivity contribution in [2.75, 3.05) is 5.75 Å². The first-order chi connectivity index (χ1) is 3.27. The Bertz CT molecular complexity index is 67.1. The maximum Gasteiger partial charge on any atom is 0.306 e. The second-order valence-electron chi connectivity index (χ2n) is 0.705. The fourth-order valence-corrected chi connectivity index (χ4v) is 0.287. The molecule has 0 fully saturated rings. The average Bonchev–Trinajstić information content (AvgIpc) is 1.61. The van der Waals surface area contributed by atoms with Gasteiger partial charge in [-0.1, -0.05) is 6.92 Å². The largest absolute Gasteiger partial charge is 0.412 e. The Kier molecular flexibility index (Phi) is 8.53. The van der Waals surface area contributed by atoms with E-state index < -0.39 is 5.09 Å². The summed E-state index contributed by atoms with van der Waals surface area (Å²) in [4.78, 5) is 9.32. The van der Waals surface area contributed by atoms with Gasteiger partial charge < -0.3 is 5.48 Å². The second-order valence-corrected chi connectivity index (χ2v) is 1.67. The van der Waals surface area contributed by atoms with Crippen LogP contribution in [0.25, 0.3) is 0 Å². The first-order valence-electron chi connectivity index (χ1n) is 1.71. The highest BCUT2D eigenvalue weighted by atomic mass is 32.2. The molecule has 2 N–H and O–H groups in total. The van der Waals surface area contributed by atoms with Crippen molar-refractivity contribution in [3.63, 3.8) is 0 Å². The highest BCUT2D eigenvalue weighted by Gasteiger charge is 1.89. The van der Waals surface area contributed by atoms with E-state index >= 15 is 0 Å². The molecule has 0 amide bonds. The SMILES string of the molecule is CCSO[N+](=O)[O-].O. The molecule has 0 saturated heterocycles. The van der Waals surface area contributed by atoms with Crippen LogP contribution in [0.4, 0.5) is 0 Å². The molecule has 0 spiro atoms. The zero-order chi connectivity index (χ0) is 5.70. The van der Waals surface area contributed by atoms with Crippen LogP contribution in [0.15, 0.2) is 0 Å². The van der Waals surface area contributed by atoms with E-state index in [1.807, 2.05) is 0 Å². The fourth-order valence-electron chi connectivity index (χ4n) is 0.0957. The van der Waals surface area contributed by atoms with Gasteiger partial charge in [0.25, 0.3) is 0 Å². The van der Waals surface area contributed by atoms with Gasteiger partial charge in [0.15, 0.2) is 0 Å². The third kappa shape index (κ3) is 9.10. The standard InChI is InChI=1S/C2H5NO3S.H2O/c1-2-7-6-3(4)5;/h2H2,1H3;1H2. The Balaban J connectivity index is 0. The molecule has 0 aliphatic carbocycles. The third-order valence-electron chi connectivity index (χ3n) is 0.231. The Labute approximate surface area is 50.6 Å².